The van der Waals surface area contributed by atoms with Gasteiger partial charge in [0.15, 0.2) is 17.5 Å². The van der Waals surface area contributed by atoms with Gasteiger partial charge in [-0.05, 0) is 42.7 Å². The van der Waals surface area contributed by atoms with Gasteiger partial charge in [0, 0.05) is 4.47 Å². The second kappa shape index (κ2) is 7.72. The topological polar surface area (TPSA) is 58.2 Å². The first kappa shape index (κ1) is 19.4. The third-order valence-electron chi connectivity index (χ3n) is 4.76. The predicted octanol–water partition coefficient (Wildman–Crippen LogP) is 4.04. The number of carbonyl (C=O) groups is 2. The van der Waals surface area contributed by atoms with E-state index in [9.17, 15) is 22.8 Å². The minimum atomic E-state index is -1.67. The highest BCUT2D eigenvalue weighted by Crippen LogP contribution is 2.44. The molecule has 8 heteroatoms. The summed E-state index contributed by atoms with van der Waals surface area (Å²) in [7, 11) is 0. The van der Waals surface area contributed by atoms with E-state index in [-0.39, 0.29) is 5.91 Å². The number of halogens is 4. The standard InChI is InChI=1S/C19H16BrF3N2O2/c20-12-4-2-11(3-5-12)19(8-1-9-19)18(27)24-10-15(26)25-14-7-6-13(21)16(22)17(14)23/h2-7H,1,8-10H2,(H,24,27)(H,25,26). The molecule has 1 aliphatic rings. The fraction of sp³-hybridized carbons (Fsp3) is 0.263. The lowest BCUT2D eigenvalue weighted by molar-refractivity contribution is -0.131. The fourth-order valence-corrected chi connectivity index (χ4v) is 3.36. The van der Waals surface area contributed by atoms with Crippen LogP contribution >= 0.6 is 15.9 Å². The zero-order valence-electron chi connectivity index (χ0n) is 14.1. The zero-order valence-corrected chi connectivity index (χ0v) is 15.7. The van der Waals surface area contributed by atoms with Crippen molar-refractivity contribution in [2.45, 2.75) is 24.7 Å². The summed E-state index contributed by atoms with van der Waals surface area (Å²) in [6.07, 6.45) is 2.23. The summed E-state index contributed by atoms with van der Waals surface area (Å²) in [6, 6.07) is 9.05. The van der Waals surface area contributed by atoms with E-state index in [1.165, 1.54) is 0 Å². The summed E-state index contributed by atoms with van der Waals surface area (Å²) in [6.45, 7) is -0.407. The normalized spacial score (nSPS) is 15.0. The van der Waals surface area contributed by atoms with Crippen LogP contribution in [0.2, 0.25) is 0 Å². The highest BCUT2D eigenvalue weighted by molar-refractivity contribution is 9.10. The number of amides is 2. The van der Waals surface area contributed by atoms with E-state index in [4.69, 9.17) is 0 Å². The molecular formula is C19H16BrF3N2O2. The predicted molar refractivity (Wildman–Crippen MR) is 97.6 cm³/mol. The first-order valence-corrected chi connectivity index (χ1v) is 9.10. The van der Waals surface area contributed by atoms with Crippen molar-refractivity contribution in [1.29, 1.82) is 0 Å². The summed E-state index contributed by atoms with van der Waals surface area (Å²) in [5.74, 6) is -5.53. The average molecular weight is 441 g/mol. The highest BCUT2D eigenvalue weighted by atomic mass is 79.9. The van der Waals surface area contributed by atoms with Gasteiger partial charge in [-0.1, -0.05) is 34.5 Å². The largest absolute Gasteiger partial charge is 0.346 e. The number of rotatable bonds is 5. The van der Waals surface area contributed by atoms with Crippen molar-refractivity contribution in [2.24, 2.45) is 0 Å². The third-order valence-corrected chi connectivity index (χ3v) is 5.29. The maximum absolute atomic E-state index is 13.6. The van der Waals surface area contributed by atoms with Crippen LogP contribution in [0.4, 0.5) is 18.9 Å². The molecule has 27 heavy (non-hydrogen) atoms. The first-order chi connectivity index (χ1) is 12.8. The van der Waals surface area contributed by atoms with Gasteiger partial charge < -0.3 is 10.6 Å². The van der Waals surface area contributed by atoms with Crippen molar-refractivity contribution in [3.05, 3.63) is 63.9 Å². The first-order valence-electron chi connectivity index (χ1n) is 8.31. The Morgan fingerprint density at radius 1 is 1.00 bits per heavy atom. The Labute approximate surface area is 162 Å². The molecule has 2 amide bonds. The Morgan fingerprint density at radius 3 is 2.26 bits per heavy atom. The van der Waals surface area contributed by atoms with Crippen molar-refractivity contribution in [3.63, 3.8) is 0 Å². The number of benzene rings is 2. The molecule has 2 aromatic carbocycles. The van der Waals surface area contributed by atoms with Crippen LogP contribution in [0.3, 0.4) is 0 Å². The van der Waals surface area contributed by atoms with Crippen LogP contribution in [-0.4, -0.2) is 18.4 Å². The van der Waals surface area contributed by atoms with E-state index in [1.54, 1.807) is 0 Å². The van der Waals surface area contributed by atoms with Gasteiger partial charge in [0.2, 0.25) is 11.8 Å². The quantitative estimate of drug-likeness (QED) is 0.689. The molecule has 0 heterocycles. The summed E-state index contributed by atoms with van der Waals surface area (Å²) < 4.78 is 40.6. The molecule has 0 unspecified atom stereocenters. The Bertz CT molecular complexity index is 883. The molecule has 0 aromatic heterocycles. The summed E-state index contributed by atoms with van der Waals surface area (Å²) >= 11 is 3.35. The van der Waals surface area contributed by atoms with Crippen molar-refractivity contribution in [2.75, 3.05) is 11.9 Å². The van der Waals surface area contributed by atoms with Gasteiger partial charge in [-0.25, -0.2) is 13.2 Å². The summed E-state index contributed by atoms with van der Waals surface area (Å²) in [5, 5.41) is 4.68. The maximum Gasteiger partial charge on any atom is 0.243 e. The van der Waals surface area contributed by atoms with Crippen LogP contribution < -0.4 is 10.6 Å². The average Bonchev–Trinajstić information content (AvgIpc) is 2.61. The van der Waals surface area contributed by atoms with E-state index in [0.29, 0.717) is 18.9 Å². The molecule has 1 fully saturated rings. The second-order valence-corrected chi connectivity index (χ2v) is 7.31. The lowest BCUT2D eigenvalue weighted by Crippen LogP contribution is -2.50. The van der Waals surface area contributed by atoms with Crippen LogP contribution in [0.15, 0.2) is 40.9 Å². The SMILES string of the molecule is O=C(CNC(=O)C1(c2ccc(Br)cc2)CCC1)Nc1ccc(F)c(F)c1F. The molecule has 4 nitrogen and oxygen atoms in total. The zero-order chi connectivity index (χ0) is 19.6. The van der Waals surface area contributed by atoms with Crippen molar-refractivity contribution < 1.29 is 22.8 Å². The van der Waals surface area contributed by atoms with Crippen molar-refractivity contribution >= 4 is 33.4 Å². The lowest BCUT2D eigenvalue weighted by Gasteiger charge is -2.40. The van der Waals surface area contributed by atoms with Crippen LogP contribution in [0.1, 0.15) is 24.8 Å². The van der Waals surface area contributed by atoms with Gasteiger partial charge in [-0.3, -0.25) is 9.59 Å². The van der Waals surface area contributed by atoms with Crippen LogP contribution in [0.25, 0.3) is 0 Å². The molecule has 142 valence electrons. The molecule has 0 spiro atoms. The molecule has 0 aliphatic heterocycles. The number of anilines is 1. The lowest BCUT2D eigenvalue weighted by atomic mass is 9.64. The van der Waals surface area contributed by atoms with Gasteiger partial charge in [0.25, 0.3) is 0 Å². The molecule has 0 saturated heterocycles. The van der Waals surface area contributed by atoms with E-state index in [1.807, 2.05) is 24.3 Å². The smallest absolute Gasteiger partial charge is 0.243 e. The van der Waals surface area contributed by atoms with Gasteiger partial charge in [-0.15, -0.1) is 0 Å². The van der Waals surface area contributed by atoms with Gasteiger partial charge >= 0.3 is 0 Å². The van der Waals surface area contributed by atoms with Gasteiger partial charge in [-0.2, -0.15) is 0 Å². The Kier molecular flexibility index (Phi) is 5.55. The number of carbonyl (C=O) groups excluding carboxylic acids is 2. The molecular weight excluding hydrogens is 425 g/mol. The van der Waals surface area contributed by atoms with E-state index >= 15 is 0 Å². The monoisotopic (exact) mass is 440 g/mol. The molecule has 0 atom stereocenters. The van der Waals surface area contributed by atoms with E-state index in [2.05, 4.69) is 26.6 Å². The summed E-state index contributed by atoms with van der Waals surface area (Å²) in [5.41, 5.74) is -0.310. The molecule has 3 rings (SSSR count). The van der Waals surface area contributed by atoms with Crippen LogP contribution in [-0.2, 0) is 15.0 Å². The van der Waals surface area contributed by atoms with E-state index < -0.39 is 41.0 Å². The van der Waals surface area contributed by atoms with Crippen LogP contribution in [0, 0.1) is 17.5 Å². The minimum Gasteiger partial charge on any atom is -0.346 e. The van der Waals surface area contributed by atoms with Gasteiger partial charge in [0.05, 0.1) is 17.6 Å². The molecule has 0 radical (unpaired) electrons. The Morgan fingerprint density at radius 2 is 1.67 bits per heavy atom. The number of nitrogens with one attached hydrogen (secondary N) is 2. The van der Waals surface area contributed by atoms with Gasteiger partial charge in [0.1, 0.15) is 0 Å². The highest BCUT2D eigenvalue weighted by Gasteiger charge is 2.45. The molecule has 2 N–H and O–H groups in total. The second-order valence-electron chi connectivity index (χ2n) is 6.40. The minimum absolute atomic E-state index is 0.294. The van der Waals surface area contributed by atoms with Crippen molar-refractivity contribution in [1.82, 2.24) is 5.32 Å². The molecule has 2 aromatic rings. The number of hydrogen-bond acceptors (Lipinski definition) is 2. The Hall–Kier alpha value is -2.35. The molecule has 0 bridgehead atoms. The maximum atomic E-state index is 13.6. The fourth-order valence-electron chi connectivity index (χ4n) is 3.09. The number of hydrogen-bond donors (Lipinski definition) is 2. The van der Waals surface area contributed by atoms with E-state index in [0.717, 1.165) is 22.5 Å². The summed E-state index contributed by atoms with van der Waals surface area (Å²) in [4.78, 5) is 24.6. The molecule has 1 saturated carbocycles. The molecule has 1 aliphatic carbocycles. The van der Waals surface area contributed by atoms with Crippen molar-refractivity contribution in [3.8, 4) is 0 Å². The Balaban J connectivity index is 1.64. The third kappa shape index (κ3) is 3.85. The van der Waals surface area contributed by atoms with Crippen LogP contribution in [0.5, 0.6) is 0 Å².